The number of allylic oxidation sites excluding steroid dienone is 4. The van der Waals surface area contributed by atoms with E-state index >= 15 is 0 Å². The van der Waals surface area contributed by atoms with Gasteiger partial charge in [0.15, 0.2) is 5.78 Å². The molecule has 0 aromatic carbocycles. The Morgan fingerprint density at radius 1 is 1.29 bits per heavy atom. The van der Waals surface area contributed by atoms with E-state index in [1.54, 1.807) is 12.2 Å². The zero-order valence-corrected chi connectivity index (χ0v) is 14.5. The molecule has 4 nitrogen and oxygen atoms in total. The van der Waals surface area contributed by atoms with E-state index in [1.165, 1.54) is 5.57 Å². The highest BCUT2D eigenvalue weighted by Gasteiger charge is 2.62. The maximum atomic E-state index is 11.9. The lowest BCUT2D eigenvalue weighted by molar-refractivity contribution is -0.138. The van der Waals surface area contributed by atoms with E-state index in [1.807, 2.05) is 6.08 Å². The topological polar surface area (TPSA) is 80.4 Å². The number of hydrogen-bond acceptors (Lipinski definition) is 3. The number of ketones is 1. The van der Waals surface area contributed by atoms with Crippen molar-refractivity contribution in [3.8, 4) is 0 Å². The largest absolute Gasteiger partial charge is 0.393 e. The van der Waals surface area contributed by atoms with Crippen LogP contribution in [-0.4, -0.2) is 22.9 Å². The number of amides is 1. The van der Waals surface area contributed by atoms with Crippen LogP contribution in [0.3, 0.4) is 0 Å². The van der Waals surface area contributed by atoms with E-state index in [4.69, 9.17) is 5.73 Å². The summed E-state index contributed by atoms with van der Waals surface area (Å²) in [6, 6.07) is 0. The molecule has 7 atom stereocenters. The van der Waals surface area contributed by atoms with Gasteiger partial charge in [-0.1, -0.05) is 25.5 Å². The zero-order chi connectivity index (χ0) is 17.3. The molecule has 0 spiro atoms. The van der Waals surface area contributed by atoms with Crippen molar-refractivity contribution >= 4 is 11.7 Å². The van der Waals surface area contributed by atoms with Crippen molar-refractivity contribution in [2.24, 2.45) is 40.2 Å². The van der Waals surface area contributed by atoms with Crippen LogP contribution in [0.5, 0.6) is 0 Å². The summed E-state index contributed by atoms with van der Waals surface area (Å²) in [5, 5.41) is 11.1. The predicted molar refractivity (Wildman–Crippen MR) is 90.7 cm³/mol. The van der Waals surface area contributed by atoms with Crippen LogP contribution in [0.2, 0.25) is 0 Å². The predicted octanol–water partition coefficient (Wildman–Crippen LogP) is 2.37. The van der Waals surface area contributed by atoms with Gasteiger partial charge in [0.25, 0.3) is 0 Å². The molecule has 24 heavy (non-hydrogen) atoms. The summed E-state index contributed by atoms with van der Waals surface area (Å²) in [5.41, 5.74) is 6.43. The first-order valence-corrected chi connectivity index (χ1v) is 9.19. The Kier molecular flexibility index (Phi) is 3.38. The van der Waals surface area contributed by atoms with E-state index in [0.29, 0.717) is 18.3 Å². The molecule has 0 bridgehead atoms. The number of rotatable bonds is 1. The average Bonchev–Trinajstić information content (AvgIpc) is 2.84. The second-order valence-electron chi connectivity index (χ2n) is 8.83. The molecule has 0 radical (unpaired) electrons. The quantitative estimate of drug-likeness (QED) is 0.775. The number of hydrogen-bond donors (Lipinski definition) is 2. The van der Waals surface area contributed by atoms with E-state index in [0.717, 1.165) is 25.7 Å². The van der Waals surface area contributed by atoms with Crippen LogP contribution in [-0.2, 0) is 9.59 Å². The fourth-order valence-electron chi connectivity index (χ4n) is 6.79. The Balaban J connectivity index is 1.74. The summed E-state index contributed by atoms with van der Waals surface area (Å²) in [6.07, 6.45) is 9.42. The minimum Gasteiger partial charge on any atom is -0.393 e. The number of primary amides is 1. The van der Waals surface area contributed by atoms with E-state index in [-0.39, 0.29) is 34.4 Å². The molecule has 0 heterocycles. The molecule has 7 unspecified atom stereocenters. The summed E-state index contributed by atoms with van der Waals surface area (Å²) in [4.78, 5) is 23.7. The Labute approximate surface area is 143 Å². The van der Waals surface area contributed by atoms with Crippen LogP contribution >= 0.6 is 0 Å². The monoisotopic (exact) mass is 329 g/mol. The second-order valence-corrected chi connectivity index (χ2v) is 8.83. The SMILES string of the molecule is CC12C=CC(=O)C=C1CCC1C2C(O)CC2(C)C(C(N)=O)CCC12. The third-order valence-electron chi connectivity index (χ3n) is 7.84. The highest BCUT2D eigenvalue weighted by molar-refractivity contribution is 6.01. The summed E-state index contributed by atoms with van der Waals surface area (Å²) in [5.74, 6) is 0.691. The Hall–Kier alpha value is -1.42. The smallest absolute Gasteiger partial charge is 0.221 e. The lowest BCUT2D eigenvalue weighted by Gasteiger charge is -2.58. The van der Waals surface area contributed by atoms with Crippen molar-refractivity contribution in [1.82, 2.24) is 0 Å². The highest BCUT2D eigenvalue weighted by Crippen LogP contribution is 2.65. The molecule has 4 aliphatic carbocycles. The molecule has 4 rings (SSSR count). The van der Waals surface area contributed by atoms with Gasteiger partial charge in [-0.3, -0.25) is 9.59 Å². The van der Waals surface area contributed by atoms with Gasteiger partial charge >= 0.3 is 0 Å². The van der Waals surface area contributed by atoms with Crippen LogP contribution in [0.1, 0.15) is 46.0 Å². The van der Waals surface area contributed by atoms with Crippen molar-refractivity contribution in [3.05, 3.63) is 23.8 Å². The molecule has 4 aliphatic rings. The molecular weight excluding hydrogens is 302 g/mol. The molecule has 3 fully saturated rings. The lowest BCUT2D eigenvalue weighted by Crippen LogP contribution is -2.56. The van der Waals surface area contributed by atoms with E-state index in [2.05, 4.69) is 13.8 Å². The first kappa shape index (κ1) is 16.1. The number of aliphatic hydroxyl groups excluding tert-OH is 1. The summed E-state index contributed by atoms with van der Waals surface area (Å²) in [6.45, 7) is 4.33. The zero-order valence-electron chi connectivity index (χ0n) is 14.5. The van der Waals surface area contributed by atoms with Gasteiger partial charge in [0.2, 0.25) is 5.91 Å². The van der Waals surface area contributed by atoms with Crippen LogP contribution in [0.15, 0.2) is 23.8 Å². The summed E-state index contributed by atoms with van der Waals surface area (Å²) in [7, 11) is 0. The van der Waals surface area contributed by atoms with Gasteiger partial charge in [0, 0.05) is 17.3 Å². The van der Waals surface area contributed by atoms with Crippen molar-refractivity contribution in [3.63, 3.8) is 0 Å². The van der Waals surface area contributed by atoms with Crippen LogP contribution < -0.4 is 5.73 Å². The normalized spacial score (nSPS) is 49.9. The van der Waals surface area contributed by atoms with Crippen molar-refractivity contribution in [1.29, 1.82) is 0 Å². The van der Waals surface area contributed by atoms with Gasteiger partial charge in [-0.05, 0) is 61.5 Å². The summed E-state index contributed by atoms with van der Waals surface area (Å²) < 4.78 is 0. The Morgan fingerprint density at radius 2 is 2.04 bits per heavy atom. The number of fused-ring (bicyclic) bond motifs is 5. The molecular formula is C20H27NO3. The van der Waals surface area contributed by atoms with Crippen molar-refractivity contribution < 1.29 is 14.7 Å². The average molecular weight is 329 g/mol. The number of aliphatic hydroxyl groups is 1. The third-order valence-corrected chi connectivity index (χ3v) is 7.84. The Bertz CT molecular complexity index is 666. The number of carbonyl (C=O) groups excluding carboxylic acids is 2. The summed E-state index contributed by atoms with van der Waals surface area (Å²) >= 11 is 0. The highest BCUT2D eigenvalue weighted by atomic mass is 16.3. The Morgan fingerprint density at radius 3 is 2.75 bits per heavy atom. The van der Waals surface area contributed by atoms with Gasteiger partial charge in [-0.15, -0.1) is 0 Å². The van der Waals surface area contributed by atoms with Gasteiger partial charge in [0.1, 0.15) is 0 Å². The maximum absolute atomic E-state index is 11.9. The van der Waals surface area contributed by atoms with Gasteiger partial charge in [-0.25, -0.2) is 0 Å². The molecule has 0 aliphatic heterocycles. The van der Waals surface area contributed by atoms with Crippen molar-refractivity contribution in [2.75, 3.05) is 0 Å². The van der Waals surface area contributed by atoms with E-state index in [9.17, 15) is 14.7 Å². The van der Waals surface area contributed by atoms with Gasteiger partial charge in [0.05, 0.1) is 6.10 Å². The maximum Gasteiger partial charge on any atom is 0.221 e. The van der Waals surface area contributed by atoms with Gasteiger partial charge in [-0.2, -0.15) is 0 Å². The lowest BCUT2D eigenvalue weighted by atomic mass is 9.47. The minimum atomic E-state index is -0.456. The number of carbonyl (C=O) groups is 2. The van der Waals surface area contributed by atoms with Crippen LogP contribution in [0.4, 0.5) is 0 Å². The molecule has 1 amide bonds. The van der Waals surface area contributed by atoms with Crippen LogP contribution in [0, 0.1) is 34.5 Å². The second kappa shape index (κ2) is 5.04. The van der Waals surface area contributed by atoms with E-state index < -0.39 is 6.10 Å². The molecule has 3 N–H and O–H groups in total. The number of nitrogens with two attached hydrogens (primary N) is 1. The standard InChI is InChI=1S/C20H27NO3/c1-19-8-7-12(22)9-11(19)3-4-13-14-5-6-15(18(21)24)20(14,2)10-16(23)17(13)19/h7-9,13-17,23H,3-6,10H2,1-2H3,(H2,21,24). The fraction of sp³-hybridized carbons (Fsp3) is 0.700. The first-order chi connectivity index (χ1) is 11.3. The molecule has 0 saturated heterocycles. The fourth-order valence-corrected chi connectivity index (χ4v) is 6.79. The molecule has 0 aromatic rings. The minimum absolute atomic E-state index is 0.0609. The molecule has 130 valence electrons. The van der Waals surface area contributed by atoms with Crippen LogP contribution in [0.25, 0.3) is 0 Å². The van der Waals surface area contributed by atoms with Crippen molar-refractivity contribution in [2.45, 2.75) is 52.1 Å². The third kappa shape index (κ3) is 1.95. The first-order valence-electron chi connectivity index (χ1n) is 9.19. The molecule has 0 aromatic heterocycles. The molecule has 3 saturated carbocycles. The van der Waals surface area contributed by atoms with Gasteiger partial charge < -0.3 is 10.8 Å². The molecule has 4 heteroatoms.